The highest BCUT2D eigenvalue weighted by molar-refractivity contribution is 6.76. The zero-order valence-corrected chi connectivity index (χ0v) is 20.4. The second-order valence-corrected chi connectivity index (χ2v) is 15.1. The van der Waals surface area contributed by atoms with Gasteiger partial charge in [-0.1, -0.05) is 86.3 Å². The van der Waals surface area contributed by atoms with E-state index in [1.54, 1.807) is 5.57 Å². The van der Waals surface area contributed by atoms with Crippen LogP contribution in [-0.2, 0) is 0 Å². The average Bonchev–Trinajstić information content (AvgIpc) is 3.28. The third kappa shape index (κ3) is 3.21. The van der Waals surface area contributed by atoms with Crippen LogP contribution in [0.15, 0.2) is 72.8 Å². The number of allylic oxidation sites excluding steroid dienone is 4. The number of benzene rings is 3. The molecule has 3 aliphatic rings. The highest BCUT2D eigenvalue weighted by Crippen LogP contribution is 2.55. The third-order valence-corrected chi connectivity index (χ3v) is 13.2. The fraction of sp³-hybridized carbons (Fsp3) is 0.379. The Labute approximate surface area is 193 Å². The standard InChI is InChI=1S/C29H34N2Si/c1-32(2,31-18-16-30-17-19-31)28-15-14-25-26(28)12-7-13-27(25)29-23-10-5-3-8-21(23)20-22-9-4-6-11-24(22)29/h3-13,20,25-26,28,30H,14-19H2,1-2H3. The van der Waals surface area contributed by atoms with E-state index in [1.165, 1.54) is 53.0 Å². The zero-order valence-electron chi connectivity index (χ0n) is 19.4. The minimum Gasteiger partial charge on any atom is -0.321 e. The molecule has 1 saturated carbocycles. The van der Waals surface area contributed by atoms with Gasteiger partial charge in [0.1, 0.15) is 8.24 Å². The lowest BCUT2D eigenvalue weighted by Gasteiger charge is -2.45. The molecule has 0 bridgehead atoms. The minimum absolute atomic E-state index is 0.647. The average molecular weight is 439 g/mol. The second-order valence-electron chi connectivity index (χ2n) is 10.5. The van der Waals surface area contributed by atoms with Crippen LogP contribution in [0, 0.1) is 11.8 Å². The van der Waals surface area contributed by atoms with Crippen molar-refractivity contribution in [2.75, 3.05) is 26.2 Å². The van der Waals surface area contributed by atoms with E-state index in [9.17, 15) is 0 Å². The van der Waals surface area contributed by atoms with Gasteiger partial charge in [-0.2, -0.15) is 0 Å². The van der Waals surface area contributed by atoms with Crippen molar-refractivity contribution in [3.05, 3.63) is 78.4 Å². The largest absolute Gasteiger partial charge is 0.321 e. The number of nitrogens with zero attached hydrogens (tertiary/aromatic N) is 1. The van der Waals surface area contributed by atoms with Crippen LogP contribution >= 0.6 is 0 Å². The molecule has 1 N–H and O–H groups in total. The van der Waals surface area contributed by atoms with E-state index in [0.717, 1.165) is 18.6 Å². The van der Waals surface area contributed by atoms with Gasteiger partial charge >= 0.3 is 0 Å². The predicted molar refractivity (Wildman–Crippen MR) is 140 cm³/mol. The fourth-order valence-corrected chi connectivity index (χ4v) is 11.0. The normalized spacial score (nSPS) is 26.4. The number of fused-ring (bicyclic) bond motifs is 3. The Hall–Kier alpha value is -2.20. The SMILES string of the molecule is C[Si](C)(C1CCC2C(c3c4ccccc4cc4ccccc34)=CC=CC21)N1CCNCC1. The van der Waals surface area contributed by atoms with E-state index in [2.05, 4.69) is 95.8 Å². The Morgan fingerprint density at radius 2 is 1.53 bits per heavy atom. The molecule has 6 rings (SSSR count). The van der Waals surface area contributed by atoms with Crippen LogP contribution in [0.1, 0.15) is 18.4 Å². The van der Waals surface area contributed by atoms with Gasteiger partial charge in [-0.3, -0.25) is 0 Å². The van der Waals surface area contributed by atoms with Gasteiger partial charge in [0.2, 0.25) is 0 Å². The molecule has 1 heterocycles. The van der Waals surface area contributed by atoms with Gasteiger partial charge in [-0.25, -0.2) is 0 Å². The molecule has 164 valence electrons. The van der Waals surface area contributed by atoms with E-state index in [0.29, 0.717) is 11.8 Å². The second kappa shape index (κ2) is 7.98. The summed E-state index contributed by atoms with van der Waals surface area (Å²) in [5, 5.41) is 9.09. The molecule has 32 heavy (non-hydrogen) atoms. The molecule has 2 aliphatic carbocycles. The van der Waals surface area contributed by atoms with Crippen LogP contribution in [0.25, 0.3) is 27.1 Å². The van der Waals surface area contributed by atoms with Crippen LogP contribution in [0.4, 0.5) is 0 Å². The molecule has 3 aromatic carbocycles. The van der Waals surface area contributed by atoms with Crippen molar-refractivity contribution in [3.63, 3.8) is 0 Å². The van der Waals surface area contributed by atoms with Crippen molar-refractivity contribution in [1.82, 2.24) is 9.88 Å². The highest BCUT2D eigenvalue weighted by Gasteiger charge is 2.48. The molecule has 1 saturated heterocycles. The summed E-state index contributed by atoms with van der Waals surface area (Å²) in [4.78, 5) is 0. The molecule has 0 radical (unpaired) electrons. The Balaban J connectivity index is 1.43. The summed E-state index contributed by atoms with van der Waals surface area (Å²) >= 11 is 0. The van der Waals surface area contributed by atoms with E-state index < -0.39 is 8.24 Å². The smallest absolute Gasteiger partial charge is 0.126 e. The Kier molecular flexibility index (Phi) is 5.09. The molecule has 0 amide bonds. The summed E-state index contributed by atoms with van der Waals surface area (Å²) in [7, 11) is -1.50. The zero-order chi connectivity index (χ0) is 21.7. The number of piperazine rings is 1. The van der Waals surface area contributed by atoms with Gasteiger partial charge < -0.3 is 9.88 Å². The van der Waals surface area contributed by atoms with Gasteiger partial charge in [0.25, 0.3) is 0 Å². The first kappa shape index (κ1) is 20.4. The summed E-state index contributed by atoms with van der Waals surface area (Å²) in [5.74, 6) is 1.33. The van der Waals surface area contributed by atoms with Crippen molar-refractivity contribution in [2.24, 2.45) is 11.8 Å². The van der Waals surface area contributed by atoms with Gasteiger partial charge in [0.05, 0.1) is 0 Å². The first-order valence-corrected chi connectivity index (χ1v) is 15.4. The summed E-state index contributed by atoms with van der Waals surface area (Å²) in [6, 6.07) is 20.3. The first-order chi connectivity index (χ1) is 15.6. The molecule has 0 aromatic heterocycles. The lowest BCUT2D eigenvalue weighted by atomic mass is 9.78. The van der Waals surface area contributed by atoms with Crippen molar-refractivity contribution in [2.45, 2.75) is 31.5 Å². The maximum atomic E-state index is 3.55. The molecular weight excluding hydrogens is 404 g/mol. The maximum Gasteiger partial charge on any atom is 0.126 e. The third-order valence-electron chi connectivity index (χ3n) is 8.63. The Bertz CT molecular complexity index is 1160. The van der Waals surface area contributed by atoms with Crippen molar-refractivity contribution < 1.29 is 0 Å². The minimum atomic E-state index is -1.50. The number of nitrogens with one attached hydrogen (secondary N) is 1. The Morgan fingerprint density at radius 3 is 2.22 bits per heavy atom. The lowest BCUT2D eigenvalue weighted by Crippen LogP contribution is -2.59. The summed E-state index contributed by atoms with van der Waals surface area (Å²) < 4.78 is 2.88. The number of hydrogen-bond donors (Lipinski definition) is 1. The Morgan fingerprint density at radius 1 is 0.875 bits per heavy atom. The van der Waals surface area contributed by atoms with Crippen LogP contribution in [0.3, 0.4) is 0 Å². The molecule has 3 unspecified atom stereocenters. The lowest BCUT2D eigenvalue weighted by molar-refractivity contribution is 0.347. The number of rotatable bonds is 3. The predicted octanol–water partition coefficient (Wildman–Crippen LogP) is 6.45. The van der Waals surface area contributed by atoms with E-state index in [4.69, 9.17) is 0 Å². The molecular formula is C29H34N2Si. The van der Waals surface area contributed by atoms with E-state index in [-0.39, 0.29) is 0 Å². The molecule has 2 fully saturated rings. The van der Waals surface area contributed by atoms with Gasteiger partial charge in [-0.15, -0.1) is 0 Å². The topological polar surface area (TPSA) is 15.3 Å². The molecule has 2 nitrogen and oxygen atoms in total. The van der Waals surface area contributed by atoms with Crippen LogP contribution in [0.2, 0.25) is 18.6 Å². The highest BCUT2D eigenvalue weighted by atomic mass is 28.3. The van der Waals surface area contributed by atoms with E-state index >= 15 is 0 Å². The maximum absolute atomic E-state index is 3.55. The molecule has 3 heteroatoms. The molecule has 0 spiro atoms. The van der Waals surface area contributed by atoms with Crippen molar-refractivity contribution in [1.29, 1.82) is 0 Å². The van der Waals surface area contributed by atoms with Crippen LogP contribution in [0.5, 0.6) is 0 Å². The summed E-state index contributed by atoms with van der Waals surface area (Å²) in [5.41, 5.74) is 3.91. The molecule has 3 atom stereocenters. The summed E-state index contributed by atoms with van der Waals surface area (Å²) in [6.07, 6.45) is 10.1. The fourth-order valence-electron chi connectivity index (χ4n) is 6.96. The molecule has 3 aromatic rings. The molecule has 1 aliphatic heterocycles. The van der Waals surface area contributed by atoms with Gasteiger partial charge in [-0.05, 0) is 62.5 Å². The first-order valence-electron chi connectivity index (χ1n) is 12.4. The van der Waals surface area contributed by atoms with E-state index in [1.807, 2.05) is 0 Å². The van der Waals surface area contributed by atoms with Gasteiger partial charge in [0, 0.05) is 26.2 Å². The van der Waals surface area contributed by atoms with Gasteiger partial charge in [0.15, 0.2) is 0 Å². The summed E-state index contributed by atoms with van der Waals surface area (Å²) in [6.45, 7) is 10.1. The van der Waals surface area contributed by atoms with Crippen molar-refractivity contribution in [3.8, 4) is 0 Å². The quantitative estimate of drug-likeness (QED) is 0.373. The van der Waals surface area contributed by atoms with Crippen LogP contribution < -0.4 is 5.32 Å². The number of hydrogen-bond acceptors (Lipinski definition) is 2. The van der Waals surface area contributed by atoms with Crippen LogP contribution in [-0.4, -0.2) is 39.0 Å². The van der Waals surface area contributed by atoms with Crippen molar-refractivity contribution >= 4 is 35.4 Å². The monoisotopic (exact) mass is 438 g/mol.